The van der Waals surface area contributed by atoms with E-state index in [4.69, 9.17) is 17.4 Å². The average Bonchev–Trinajstić information content (AvgIpc) is 1.92. The lowest BCUT2D eigenvalue weighted by atomic mass is 9.90. The van der Waals surface area contributed by atoms with Gasteiger partial charge in [0.25, 0.3) is 0 Å². The summed E-state index contributed by atoms with van der Waals surface area (Å²) in [6.45, 7) is 6.90. The SMILES string of the molecule is CC(C)(C)C1=NNC(Cl)N(N)C1. The minimum absolute atomic E-state index is 0.0433. The highest BCUT2D eigenvalue weighted by Gasteiger charge is 2.26. The predicted molar refractivity (Wildman–Crippen MR) is 50.6 cm³/mol. The van der Waals surface area contributed by atoms with E-state index in [0.29, 0.717) is 6.54 Å². The lowest BCUT2D eigenvalue weighted by molar-refractivity contribution is 0.240. The van der Waals surface area contributed by atoms with Gasteiger partial charge in [0.1, 0.15) is 0 Å². The van der Waals surface area contributed by atoms with Crippen LogP contribution in [0.25, 0.3) is 0 Å². The Balaban J connectivity index is 2.71. The first-order chi connectivity index (χ1) is 5.41. The third kappa shape index (κ3) is 2.09. The summed E-state index contributed by atoms with van der Waals surface area (Å²) in [5, 5.41) is 5.67. The van der Waals surface area contributed by atoms with Crippen LogP contribution in [0.3, 0.4) is 0 Å². The summed E-state index contributed by atoms with van der Waals surface area (Å²) in [4.78, 5) is 0. The van der Waals surface area contributed by atoms with Gasteiger partial charge in [-0.2, -0.15) is 5.10 Å². The van der Waals surface area contributed by atoms with Gasteiger partial charge in [-0.25, -0.2) is 5.01 Å². The van der Waals surface area contributed by atoms with Crippen LogP contribution in [0.4, 0.5) is 0 Å². The van der Waals surface area contributed by atoms with Crippen LogP contribution >= 0.6 is 11.6 Å². The fourth-order valence-electron chi connectivity index (χ4n) is 0.899. The maximum absolute atomic E-state index is 5.77. The van der Waals surface area contributed by atoms with Crippen LogP contribution in [-0.4, -0.2) is 22.9 Å². The minimum Gasteiger partial charge on any atom is -0.277 e. The van der Waals surface area contributed by atoms with E-state index in [1.165, 1.54) is 5.01 Å². The first-order valence-electron chi connectivity index (χ1n) is 3.89. The molecular weight excluding hydrogens is 176 g/mol. The fourth-order valence-corrected chi connectivity index (χ4v) is 1.02. The molecule has 4 nitrogen and oxygen atoms in total. The number of hydrogen-bond acceptors (Lipinski definition) is 4. The lowest BCUT2D eigenvalue weighted by Gasteiger charge is -2.32. The molecule has 12 heavy (non-hydrogen) atoms. The van der Waals surface area contributed by atoms with Crippen LogP contribution < -0.4 is 11.3 Å². The van der Waals surface area contributed by atoms with E-state index in [9.17, 15) is 0 Å². The highest BCUT2D eigenvalue weighted by Crippen LogP contribution is 2.18. The Morgan fingerprint density at radius 2 is 2.25 bits per heavy atom. The smallest absolute Gasteiger partial charge is 0.185 e. The molecule has 0 aromatic rings. The molecule has 3 N–H and O–H groups in total. The Morgan fingerprint density at radius 3 is 2.67 bits per heavy atom. The number of nitrogens with two attached hydrogens (primary N) is 1. The normalized spacial score (nSPS) is 26.4. The quantitative estimate of drug-likeness (QED) is 0.336. The molecule has 1 unspecified atom stereocenters. The second-order valence-corrected chi connectivity index (χ2v) is 4.36. The largest absolute Gasteiger partial charge is 0.277 e. The van der Waals surface area contributed by atoms with E-state index in [0.717, 1.165) is 5.71 Å². The van der Waals surface area contributed by atoms with Gasteiger partial charge in [0, 0.05) is 5.41 Å². The van der Waals surface area contributed by atoms with E-state index in [1.54, 1.807) is 0 Å². The van der Waals surface area contributed by atoms with E-state index in [2.05, 4.69) is 31.3 Å². The van der Waals surface area contributed by atoms with Gasteiger partial charge >= 0.3 is 0 Å². The summed E-state index contributed by atoms with van der Waals surface area (Å²) in [7, 11) is 0. The van der Waals surface area contributed by atoms with E-state index >= 15 is 0 Å². The maximum atomic E-state index is 5.77. The van der Waals surface area contributed by atoms with Gasteiger partial charge in [-0.15, -0.1) is 0 Å². The van der Waals surface area contributed by atoms with Crippen molar-refractivity contribution in [3.8, 4) is 0 Å². The first kappa shape index (κ1) is 9.77. The lowest BCUT2D eigenvalue weighted by Crippen LogP contribution is -2.53. The number of hydrazine groups is 1. The van der Waals surface area contributed by atoms with Crippen molar-refractivity contribution in [2.24, 2.45) is 16.4 Å². The summed E-state index contributed by atoms with van der Waals surface area (Å²) in [6.07, 6.45) is 0. The number of halogens is 1. The first-order valence-corrected chi connectivity index (χ1v) is 4.33. The van der Waals surface area contributed by atoms with Gasteiger partial charge in [-0.3, -0.25) is 11.3 Å². The molecule has 1 rings (SSSR count). The highest BCUT2D eigenvalue weighted by molar-refractivity contribution is 6.20. The van der Waals surface area contributed by atoms with Gasteiger partial charge in [-0.1, -0.05) is 32.4 Å². The zero-order chi connectivity index (χ0) is 9.35. The summed E-state index contributed by atoms with van der Waals surface area (Å²) in [5.74, 6) is 5.62. The van der Waals surface area contributed by atoms with Crippen LogP contribution in [0.15, 0.2) is 5.10 Å². The second kappa shape index (κ2) is 3.20. The van der Waals surface area contributed by atoms with Gasteiger partial charge in [0.2, 0.25) is 0 Å². The maximum Gasteiger partial charge on any atom is 0.185 e. The number of nitrogens with zero attached hydrogens (tertiary/aromatic N) is 2. The zero-order valence-electron chi connectivity index (χ0n) is 7.63. The number of rotatable bonds is 0. The number of hydrazone groups is 1. The van der Waals surface area contributed by atoms with E-state index in [1.807, 2.05) is 0 Å². The molecule has 0 aromatic heterocycles. The molecule has 0 bridgehead atoms. The van der Waals surface area contributed by atoms with Crippen LogP contribution in [0.1, 0.15) is 20.8 Å². The van der Waals surface area contributed by atoms with Crippen LogP contribution in [0, 0.1) is 5.41 Å². The number of alkyl halides is 1. The molecule has 5 heteroatoms. The van der Waals surface area contributed by atoms with Crippen molar-refractivity contribution in [2.75, 3.05) is 6.54 Å². The Kier molecular flexibility index (Phi) is 2.61. The molecule has 1 atom stereocenters. The van der Waals surface area contributed by atoms with Crippen molar-refractivity contribution in [3.63, 3.8) is 0 Å². The van der Waals surface area contributed by atoms with E-state index in [-0.39, 0.29) is 5.41 Å². The summed E-state index contributed by atoms with van der Waals surface area (Å²) in [5.41, 5.74) is 3.41. The number of hydrogen-bond donors (Lipinski definition) is 2. The van der Waals surface area contributed by atoms with Crippen LogP contribution in [-0.2, 0) is 0 Å². The Bertz CT molecular complexity index is 196. The molecule has 1 aliphatic rings. The molecule has 0 spiro atoms. The van der Waals surface area contributed by atoms with Crippen molar-refractivity contribution in [2.45, 2.75) is 26.4 Å². The van der Waals surface area contributed by atoms with Crippen molar-refractivity contribution >= 4 is 17.3 Å². The summed E-state index contributed by atoms with van der Waals surface area (Å²) >= 11 is 5.77. The third-order valence-electron chi connectivity index (χ3n) is 1.80. The average molecular weight is 191 g/mol. The molecule has 0 aliphatic carbocycles. The van der Waals surface area contributed by atoms with Gasteiger partial charge in [0.05, 0.1) is 12.3 Å². The van der Waals surface area contributed by atoms with Gasteiger partial charge in [0.15, 0.2) is 5.62 Å². The molecule has 0 saturated carbocycles. The molecule has 0 fully saturated rings. The standard InChI is InChI=1S/C7H15ClN4/c1-7(2,3)5-4-12(9)6(8)11-10-5/h6,11H,4,9H2,1-3H3. The highest BCUT2D eigenvalue weighted by atomic mass is 35.5. The van der Waals surface area contributed by atoms with E-state index < -0.39 is 5.62 Å². The molecule has 0 amide bonds. The molecule has 1 aliphatic heterocycles. The van der Waals surface area contributed by atoms with Gasteiger partial charge in [-0.05, 0) is 0 Å². The molecule has 0 aromatic carbocycles. The summed E-state index contributed by atoms with van der Waals surface area (Å²) in [6, 6.07) is 0. The minimum atomic E-state index is -0.393. The Labute approximate surface area is 77.7 Å². The molecule has 0 saturated heterocycles. The topological polar surface area (TPSA) is 53.7 Å². The van der Waals surface area contributed by atoms with Crippen molar-refractivity contribution < 1.29 is 0 Å². The molecule has 1 heterocycles. The Hall–Kier alpha value is -0.320. The zero-order valence-corrected chi connectivity index (χ0v) is 8.39. The molecule has 70 valence electrons. The van der Waals surface area contributed by atoms with Gasteiger partial charge < -0.3 is 0 Å². The predicted octanol–water partition coefficient (Wildman–Crippen LogP) is 0.690. The Morgan fingerprint density at radius 1 is 1.67 bits per heavy atom. The monoisotopic (exact) mass is 190 g/mol. The van der Waals surface area contributed by atoms with Crippen molar-refractivity contribution in [1.82, 2.24) is 10.4 Å². The van der Waals surface area contributed by atoms with Crippen LogP contribution in [0.2, 0.25) is 0 Å². The fraction of sp³-hybridized carbons (Fsp3) is 0.857. The molecule has 0 radical (unpaired) electrons. The van der Waals surface area contributed by atoms with Crippen molar-refractivity contribution in [1.29, 1.82) is 0 Å². The number of nitrogens with one attached hydrogen (secondary N) is 1. The third-order valence-corrected chi connectivity index (χ3v) is 2.14. The van der Waals surface area contributed by atoms with Crippen molar-refractivity contribution in [3.05, 3.63) is 0 Å². The second-order valence-electron chi connectivity index (χ2n) is 3.95. The summed E-state index contributed by atoms with van der Waals surface area (Å²) < 4.78 is 0. The molecular formula is C7H15ClN4. The van der Waals surface area contributed by atoms with Crippen LogP contribution in [0.5, 0.6) is 0 Å².